The van der Waals surface area contributed by atoms with Crippen molar-refractivity contribution in [3.8, 4) is 0 Å². The molecule has 0 heterocycles. The molecule has 0 spiro atoms. The Morgan fingerprint density at radius 3 is 2.41 bits per heavy atom. The van der Waals surface area contributed by atoms with Gasteiger partial charge in [0, 0.05) is 10.9 Å². The molecule has 0 N–H and O–H groups in total. The SMILES string of the molecule is CCOC(=O)C(=O)CC(C)c1ccc(Br)cc1. The van der Waals surface area contributed by atoms with Crippen molar-refractivity contribution >= 4 is 27.7 Å². The lowest BCUT2D eigenvalue weighted by Gasteiger charge is -2.10. The molecule has 3 nitrogen and oxygen atoms in total. The van der Waals surface area contributed by atoms with Crippen LogP contribution in [-0.2, 0) is 14.3 Å². The first kappa shape index (κ1) is 13.9. The molecule has 0 aliphatic carbocycles. The highest BCUT2D eigenvalue weighted by atomic mass is 79.9. The molecule has 0 fully saturated rings. The van der Waals surface area contributed by atoms with Crippen molar-refractivity contribution in [3.05, 3.63) is 34.3 Å². The molecule has 0 aromatic heterocycles. The van der Waals surface area contributed by atoms with Crippen LogP contribution in [0.2, 0.25) is 0 Å². The van der Waals surface area contributed by atoms with Crippen LogP contribution in [0, 0.1) is 0 Å². The summed E-state index contributed by atoms with van der Waals surface area (Å²) in [7, 11) is 0. The number of carbonyl (C=O) groups is 2. The molecule has 0 aliphatic rings. The van der Waals surface area contributed by atoms with Gasteiger partial charge in [0.2, 0.25) is 5.78 Å². The van der Waals surface area contributed by atoms with Crippen LogP contribution in [0.1, 0.15) is 31.7 Å². The van der Waals surface area contributed by atoms with Crippen molar-refractivity contribution in [2.24, 2.45) is 0 Å². The number of carbonyl (C=O) groups excluding carboxylic acids is 2. The monoisotopic (exact) mass is 298 g/mol. The van der Waals surface area contributed by atoms with E-state index in [1.807, 2.05) is 31.2 Å². The summed E-state index contributed by atoms with van der Waals surface area (Å²) in [6.45, 7) is 3.83. The van der Waals surface area contributed by atoms with Gasteiger partial charge >= 0.3 is 5.97 Å². The van der Waals surface area contributed by atoms with Crippen LogP contribution >= 0.6 is 15.9 Å². The van der Waals surface area contributed by atoms with Crippen LogP contribution in [0.15, 0.2) is 28.7 Å². The Morgan fingerprint density at radius 2 is 1.88 bits per heavy atom. The highest BCUT2D eigenvalue weighted by Crippen LogP contribution is 2.21. The zero-order chi connectivity index (χ0) is 12.8. The molecular formula is C13H15BrO3. The first-order chi connectivity index (χ1) is 8.04. The summed E-state index contributed by atoms with van der Waals surface area (Å²) in [5.74, 6) is -1.20. The molecule has 1 aromatic carbocycles. The van der Waals surface area contributed by atoms with E-state index >= 15 is 0 Å². The number of ketones is 1. The molecule has 0 saturated heterocycles. The molecule has 0 aliphatic heterocycles. The van der Waals surface area contributed by atoms with Gasteiger partial charge in [0.05, 0.1) is 6.61 Å². The maximum absolute atomic E-state index is 11.5. The molecule has 0 saturated carbocycles. The Balaban J connectivity index is 2.60. The number of ether oxygens (including phenoxy) is 1. The minimum atomic E-state index is -0.739. The molecule has 0 amide bonds. The van der Waals surface area contributed by atoms with Crippen LogP contribution in [-0.4, -0.2) is 18.4 Å². The van der Waals surface area contributed by atoms with E-state index in [4.69, 9.17) is 0 Å². The van der Waals surface area contributed by atoms with Gasteiger partial charge in [-0.1, -0.05) is 35.0 Å². The van der Waals surface area contributed by atoms with Crippen LogP contribution in [0.25, 0.3) is 0 Å². The van der Waals surface area contributed by atoms with Crippen LogP contribution in [0.3, 0.4) is 0 Å². The lowest BCUT2D eigenvalue weighted by atomic mass is 9.96. The lowest BCUT2D eigenvalue weighted by molar-refractivity contribution is -0.153. The highest BCUT2D eigenvalue weighted by molar-refractivity contribution is 9.10. The third-order valence-corrected chi connectivity index (χ3v) is 2.96. The summed E-state index contributed by atoms with van der Waals surface area (Å²) >= 11 is 3.35. The van der Waals surface area contributed by atoms with Gasteiger partial charge in [0.1, 0.15) is 0 Å². The van der Waals surface area contributed by atoms with Gasteiger partial charge in [-0.2, -0.15) is 0 Å². The van der Waals surface area contributed by atoms with E-state index in [0.29, 0.717) is 0 Å². The molecular weight excluding hydrogens is 284 g/mol. The van der Waals surface area contributed by atoms with Crippen LogP contribution in [0.5, 0.6) is 0 Å². The molecule has 4 heteroatoms. The quantitative estimate of drug-likeness (QED) is 0.620. The minimum absolute atomic E-state index is 0.0139. The van der Waals surface area contributed by atoms with E-state index in [9.17, 15) is 9.59 Å². The summed E-state index contributed by atoms with van der Waals surface area (Å²) in [5.41, 5.74) is 1.03. The molecule has 17 heavy (non-hydrogen) atoms. The minimum Gasteiger partial charge on any atom is -0.460 e. The first-order valence-electron chi connectivity index (χ1n) is 5.50. The van der Waals surface area contributed by atoms with Gasteiger partial charge in [0.15, 0.2) is 0 Å². The summed E-state index contributed by atoms with van der Waals surface area (Å²) in [4.78, 5) is 22.7. The van der Waals surface area contributed by atoms with Gasteiger partial charge in [-0.15, -0.1) is 0 Å². The lowest BCUT2D eigenvalue weighted by Crippen LogP contribution is -2.19. The second kappa shape index (κ2) is 6.55. The molecule has 1 unspecified atom stereocenters. The van der Waals surface area contributed by atoms with Gasteiger partial charge in [0.25, 0.3) is 0 Å². The van der Waals surface area contributed by atoms with Crippen LogP contribution in [0.4, 0.5) is 0 Å². The largest absolute Gasteiger partial charge is 0.460 e. The van der Waals surface area contributed by atoms with E-state index in [-0.39, 0.29) is 18.9 Å². The second-order valence-electron chi connectivity index (χ2n) is 3.80. The van der Waals surface area contributed by atoms with Crippen molar-refractivity contribution in [2.45, 2.75) is 26.2 Å². The fourth-order valence-electron chi connectivity index (χ4n) is 1.48. The summed E-state index contributed by atoms with van der Waals surface area (Å²) in [6.07, 6.45) is 0.181. The number of hydrogen-bond acceptors (Lipinski definition) is 3. The van der Waals surface area contributed by atoms with Gasteiger partial charge in [-0.25, -0.2) is 4.79 Å². The smallest absolute Gasteiger partial charge is 0.374 e. The average Bonchev–Trinajstić information content (AvgIpc) is 2.30. The normalized spacial score (nSPS) is 11.9. The number of esters is 1. The molecule has 1 atom stereocenters. The molecule has 92 valence electrons. The second-order valence-corrected chi connectivity index (χ2v) is 4.72. The highest BCUT2D eigenvalue weighted by Gasteiger charge is 2.18. The predicted octanol–water partition coefficient (Wildman–Crippen LogP) is 3.07. The van der Waals surface area contributed by atoms with Gasteiger partial charge in [-0.3, -0.25) is 4.79 Å². The Kier molecular flexibility index (Phi) is 5.35. The van der Waals surface area contributed by atoms with E-state index in [1.54, 1.807) is 6.92 Å². The Labute approximate surface area is 109 Å². The van der Waals surface area contributed by atoms with Crippen molar-refractivity contribution in [3.63, 3.8) is 0 Å². The summed E-state index contributed by atoms with van der Waals surface area (Å²) in [5, 5.41) is 0. The Morgan fingerprint density at radius 1 is 1.29 bits per heavy atom. The van der Waals surface area contributed by atoms with E-state index in [2.05, 4.69) is 20.7 Å². The number of hydrogen-bond donors (Lipinski definition) is 0. The standard InChI is InChI=1S/C13H15BrO3/c1-3-17-13(16)12(15)8-9(2)10-4-6-11(14)7-5-10/h4-7,9H,3,8H2,1-2H3. The maximum Gasteiger partial charge on any atom is 0.374 e. The van der Waals surface area contributed by atoms with E-state index in [0.717, 1.165) is 10.0 Å². The maximum atomic E-state index is 11.5. The average molecular weight is 299 g/mol. The van der Waals surface area contributed by atoms with Gasteiger partial charge < -0.3 is 4.74 Å². The molecule has 1 rings (SSSR count). The fourth-order valence-corrected chi connectivity index (χ4v) is 1.75. The summed E-state index contributed by atoms with van der Waals surface area (Å²) in [6, 6.07) is 7.71. The molecule has 0 radical (unpaired) electrons. The van der Waals surface area contributed by atoms with Crippen LogP contribution < -0.4 is 0 Å². The molecule has 0 bridgehead atoms. The fraction of sp³-hybridized carbons (Fsp3) is 0.385. The van der Waals surface area contributed by atoms with Crippen molar-refractivity contribution in [1.29, 1.82) is 0 Å². The Bertz CT molecular complexity index is 398. The van der Waals surface area contributed by atoms with Crippen molar-refractivity contribution < 1.29 is 14.3 Å². The summed E-state index contributed by atoms with van der Waals surface area (Å²) < 4.78 is 5.65. The van der Waals surface area contributed by atoms with E-state index in [1.165, 1.54) is 0 Å². The topological polar surface area (TPSA) is 43.4 Å². The third-order valence-electron chi connectivity index (χ3n) is 2.43. The zero-order valence-electron chi connectivity index (χ0n) is 9.90. The number of benzene rings is 1. The van der Waals surface area contributed by atoms with Crippen molar-refractivity contribution in [1.82, 2.24) is 0 Å². The van der Waals surface area contributed by atoms with E-state index < -0.39 is 11.8 Å². The zero-order valence-corrected chi connectivity index (χ0v) is 11.5. The Hall–Kier alpha value is -1.16. The molecule has 1 aromatic rings. The number of halogens is 1. The van der Waals surface area contributed by atoms with Gasteiger partial charge in [-0.05, 0) is 30.5 Å². The number of Topliss-reactive ketones (excluding diaryl/α,β-unsaturated/α-hetero) is 1. The predicted molar refractivity (Wildman–Crippen MR) is 68.8 cm³/mol. The first-order valence-corrected chi connectivity index (χ1v) is 6.29. The number of rotatable bonds is 5. The third kappa shape index (κ3) is 4.30. The van der Waals surface area contributed by atoms with Crippen molar-refractivity contribution in [2.75, 3.05) is 6.61 Å².